The number of anilines is 1. The highest BCUT2D eigenvalue weighted by Gasteiger charge is 2.48. The van der Waals surface area contributed by atoms with E-state index < -0.39 is 32.5 Å². The molecule has 5 rings (SSSR count). The van der Waals surface area contributed by atoms with Crippen molar-refractivity contribution in [3.8, 4) is 0 Å². The zero-order valence-electron chi connectivity index (χ0n) is 20.3. The largest absolute Gasteiger partial charge is 0.502 e. The van der Waals surface area contributed by atoms with Gasteiger partial charge in [0.25, 0.3) is 5.91 Å². The Bertz CT molecular complexity index is 1630. The summed E-state index contributed by atoms with van der Waals surface area (Å²) >= 11 is 8.70. The van der Waals surface area contributed by atoms with Gasteiger partial charge in [0.15, 0.2) is 10.1 Å². The van der Waals surface area contributed by atoms with Crippen molar-refractivity contribution in [1.82, 2.24) is 10.2 Å². The molecule has 11 heteroatoms. The van der Waals surface area contributed by atoms with Gasteiger partial charge in [0.2, 0.25) is 15.0 Å². The van der Waals surface area contributed by atoms with E-state index in [-0.39, 0.29) is 10.0 Å². The monoisotopic (exact) mass is 583 g/mol. The molecule has 1 atom stereocenters. The number of sulfone groups is 1. The number of aliphatic hydroxyl groups is 1. The topological polar surface area (TPSA) is 100 Å². The highest BCUT2D eigenvalue weighted by molar-refractivity contribution is 8.00. The highest BCUT2D eigenvalue weighted by atomic mass is 35.5. The van der Waals surface area contributed by atoms with Crippen molar-refractivity contribution in [2.45, 2.75) is 34.9 Å². The maximum Gasteiger partial charge on any atom is 0.296 e. The predicted octanol–water partition coefficient (Wildman–Crippen LogP) is 6.43. The molecule has 0 unspecified atom stereocenters. The molecule has 1 aliphatic heterocycles. The van der Waals surface area contributed by atoms with Crippen LogP contribution in [0.3, 0.4) is 0 Å². The minimum absolute atomic E-state index is 0.0233. The number of aromatic nitrogens is 2. The summed E-state index contributed by atoms with van der Waals surface area (Å²) in [5.41, 5.74) is 3.62. The third-order valence-corrected chi connectivity index (χ3v) is 10.3. The van der Waals surface area contributed by atoms with Crippen LogP contribution in [0.15, 0.2) is 92.7 Å². The van der Waals surface area contributed by atoms with E-state index in [9.17, 15) is 18.3 Å². The number of aryl methyl sites for hydroxylation is 2. The third-order valence-electron chi connectivity index (χ3n) is 6.05. The number of thioether (sulfide) groups is 1. The number of benzene rings is 3. The molecule has 1 amide bonds. The summed E-state index contributed by atoms with van der Waals surface area (Å²) in [6.45, 7) is 3.86. The third kappa shape index (κ3) is 5.09. The Morgan fingerprint density at radius 2 is 1.55 bits per heavy atom. The number of hydrogen-bond acceptors (Lipinski definition) is 8. The van der Waals surface area contributed by atoms with Crippen LogP contribution in [0.25, 0.3) is 0 Å². The molecule has 1 aliphatic rings. The lowest BCUT2D eigenvalue weighted by Crippen LogP contribution is -2.31. The second-order valence-electron chi connectivity index (χ2n) is 8.78. The van der Waals surface area contributed by atoms with Gasteiger partial charge in [-0.25, -0.2) is 8.42 Å². The summed E-state index contributed by atoms with van der Waals surface area (Å²) < 4.78 is 28.1. The molecule has 0 saturated heterocycles. The summed E-state index contributed by atoms with van der Waals surface area (Å²) in [6.07, 6.45) is 0. The molecule has 7 nitrogen and oxygen atoms in total. The minimum Gasteiger partial charge on any atom is -0.502 e. The lowest BCUT2D eigenvalue weighted by Gasteiger charge is -2.24. The molecular weight excluding hydrogens is 562 g/mol. The SMILES string of the molecule is Cc1ccc(CSc2nnc(N3C(=O)C(O)=C(S(=O)(=O)c4ccc(C)cc4)[C@H]3c3ccc(Cl)cc3)s2)cc1. The highest BCUT2D eigenvalue weighted by Crippen LogP contribution is 2.46. The lowest BCUT2D eigenvalue weighted by molar-refractivity contribution is -0.117. The molecule has 0 radical (unpaired) electrons. The first-order chi connectivity index (χ1) is 18.1. The van der Waals surface area contributed by atoms with Crippen LogP contribution in [0.5, 0.6) is 0 Å². The number of nitrogens with zero attached hydrogens (tertiary/aromatic N) is 3. The maximum atomic E-state index is 13.8. The number of rotatable bonds is 7. The molecule has 38 heavy (non-hydrogen) atoms. The molecule has 0 saturated carbocycles. The van der Waals surface area contributed by atoms with Crippen LogP contribution >= 0.6 is 34.7 Å². The van der Waals surface area contributed by atoms with E-state index in [1.807, 2.05) is 38.1 Å². The van der Waals surface area contributed by atoms with E-state index >= 15 is 0 Å². The number of carbonyl (C=O) groups is 1. The van der Waals surface area contributed by atoms with Crippen molar-refractivity contribution in [3.63, 3.8) is 0 Å². The van der Waals surface area contributed by atoms with Gasteiger partial charge in [0.1, 0.15) is 10.9 Å². The molecule has 2 heterocycles. The van der Waals surface area contributed by atoms with E-state index in [0.717, 1.165) is 22.5 Å². The van der Waals surface area contributed by atoms with Crippen molar-refractivity contribution >= 4 is 55.6 Å². The Morgan fingerprint density at radius 1 is 0.947 bits per heavy atom. The zero-order valence-corrected chi connectivity index (χ0v) is 23.5. The van der Waals surface area contributed by atoms with Gasteiger partial charge in [-0.2, -0.15) is 0 Å². The summed E-state index contributed by atoms with van der Waals surface area (Å²) in [5.74, 6) is -1.04. The quantitative estimate of drug-likeness (QED) is 0.197. The van der Waals surface area contributed by atoms with Gasteiger partial charge >= 0.3 is 0 Å². The fraction of sp³-hybridized carbons (Fsp3) is 0.148. The Kier molecular flexibility index (Phi) is 7.32. The Balaban J connectivity index is 1.53. The van der Waals surface area contributed by atoms with Crippen LogP contribution in [0.2, 0.25) is 5.02 Å². The number of halogens is 1. The first-order valence-corrected chi connectivity index (χ1v) is 15.2. The van der Waals surface area contributed by atoms with Gasteiger partial charge in [-0.1, -0.05) is 94.4 Å². The van der Waals surface area contributed by atoms with Gasteiger partial charge in [0, 0.05) is 10.8 Å². The number of aliphatic hydroxyl groups excluding tert-OH is 1. The zero-order chi connectivity index (χ0) is 27.0. The van der Waals surface area contributed by atoms with Gasteiger partial charge in [-0.05, 0) is 49.2 Å². The summed E-state index contributed by atoms with van der Waals surface area (Å²) in [7, 11) is -4.24. The lowest BCUT2D eigenvalue weighted by atomic mass is 10.1. The average Bonchev–Trinajstić information content (AvgIpc) is 3.47. The Hall–Kier alpha value is -3.18. The average molecular weight is 584 g/mol. The van der Waals surface area contributed by atoms with E-state index in [2.05, 4.69) is 10.2 Å². The molecule has 0 fully saturated rings. The van der Waals surface area contributed by atoms with Crippen molar-refractivity contribution < 1.29 is 18.3 Å². The van der Waals surface area contributed by atoms with Crippen LogP contribution in [0, 0.1) is 13.8 Å². The second-order valence-corrected chi connectivity index (χ2v) is 13.3. The second kappa shape index (κ2) is 10.5. The Labute approximate surface area is 233 Å². The van der Waals surface area contributed by atoms with Crippen LogP contribution in [-0.2, 0) is 20.4 Å². The van der Waals surface area contributed by atoms with E-state index in [0.29, 0.717) is 20.7 Å². The first-order valence-electron chi connectivity index (χ1n) is 11.5. The van der Waals surface area contributed by atoms with E-state index in [1.165, 1.54) is 34.4 Å². The smallest absolute Gasteiger partial charge is 0.296 e. The number of carbonyl (C=O) groups excluding carboxylic acids is 1. The number of hydrogen-bond donors (Lipinski definition) is 1. The molecule has 194 valence electrons. The van der Waals surface area contributed by atoms with Crippen LogP contribution in [0.1, 0.15) is 28.3 Å². The van der Waals surface area contributed by atoms with Crippen LogP contribution in [-0.4, -0.2) is 29.6 Å². The van der Waals surface area contributed by atoms with Crippen LogP contribution in [0.4, 0.5) is 5.13 Å². The molecule has 4 aromatic rings. The summed E-state index contributed by atoms with van der Waals surface area (Å²) in [4.78, 5) is 14.1. The van der Waals surface area contributed by atoms with Crippen molar-refractivity contribution in [1.29, 1.82) is 0 Å². The van der Waals surface area contributed by atoms with Crippen molar-refractivity contribution in [2.24, 2.45) is 0 Å². The summed E-state index contributed by atoms with van der Waals surface area (Å²) in [5, 5.41) is 20.0. The standard InChI is InChI=1S/C27H22ClN3O4S3/c1-16-3-7-18(8-4-16)15-36-27-30-29-26(37-27)31-22(19-9-11-20(28)12-10-19)24(23(32)25(31)33)38(34,35)21-13-5-17(2)6-14-21/h3-14,22,32H,15H2,1-2H3/t22-/m1/s1. The first kappa shape index (κ1) is 26.4. The maximum absolute atomic E-state index is 13.8. The summed E-state index contributed by atoms with van der Waals surface area (Å²) in [6, 6.07) is 19.7. The van der Waals surface area contributed by atoms with Crippen molar-refractivity contribution in [2.75, 3.05) is 4.90 Å². The van der Waals surface area contributed by atoms with E-state index in [1.54, 1.807) is 36.4 Å². The fourth-order valence-corrected chi connectivity index (χ4v) is 7.61. The Morgan fingerprint density at radius 3 is 2.18 bits per heavy atom. The minimum atomic E-state index is -4.24. The van der Waals surface area contributed by atoms with E-state index in [4.69, 9.17) is 11.6 Å². The number of amides is 1. The van der Waals surface area contributed by atoms with Gasteiger partial charge in [0.05, 0.1) is 4.90 Å². The van der Waals surface area contributed by atoms with Gasteiger partial charge < -0.3 is 5.11 Å². The molecule has 1 N–H and O–H groups in total. The molecule has 1 aromatic heterocycles. The molecule has 3 aromatic carbocycles. The van der Waals surface area contributed by atoms with Gasteiger partial charge in [-0.15, -0.1) is 10.2 Å². The molecular formula is C27H22ClN3O4S3. The molecule has 0 spiro atoms. The predicted molar refractivity (Wildman–Crippen MR) is 150 cm³/mol. The van der Waals surface area contributed by atoms with Crippen molar-refractivity contribution in [3.05, 3.63) is 111 Å². The van der Waals surface area contributed by atoms with Gasteiger partial charge in [-0.3, -0.25) is 9.69 Å². The fourth-order valence-electron chi connectivity index (χ4n) is 4.03. The normalized spacial score (nSPS) is 15.9. The molecule has 0 bridgehead atoms. The molecule has 0 aliphatic carbocycles. The van der Waals surface area contributed by atoms with Crippen LogP contribution < -0.4 is 4.90 Å².